The molecule has 0 saturated heterocycles. The van der Waals surface area contributed by atoms with E-state index in [9.17, 15) is 0 Å². The van der Waals surface area contributed by atoms with Crippen LogP contribution in [0.3, 0.4) is 0 Å². The van der Waals surface area contributed by atoms with Gasteiger partial charge in [-0.2, -0.15) is 0 Å². The molecule has 2 aromatic carbocycles. The van der Waals surface area contributed by atoms with Gasteiger partial charge in [-0.05, 0) is 24.6 Å². The lowest BCUT2D eigenvalue weighted by Gasteiger charge is -2.18. The standard InChI is InChI=1S/C21H19NO/c1-2-22-14-13-17-15-20(18-9-5-3-6-10-18)23-21(16-17)19-11-7-4-8-12-19/h3-16H,2H2,1H3/p+1. The Morgan fingerprint density at radius 2 is 1.35 bits per heavy atom. The van der Waals surface area contributed by atoms with E-state index in [1.807, 2.05) is 42.6 Å². The van der Waals surface area contributed by atoms with Gasteiger partial charge in [-0.25, -0.2) is 4.99 Å². The molecule has 0 saturated carbocycles. The Balaban J connectivity index is 1.99. The monoisotopic (exact) mass is 302 g/mol. The van der Waals surface area contributed by atoms with Crippen LogP contribution in [0.1, 0.15) is 18.1 Å². The third-order valence-electron chi connectivity index (χ3n) is 3.53. The van der Waals surface area contributed by atoms with Crippen LogP contribution in [0.4, 0.5) is 0 Å². The lowest BCUT2D eigenvalue weighted by molar-refractivity contribution is -0.446. The summed E-state index contributed by atoms with van der Waals surface area (Å²) in [6.45, 7) is 2.99. The lowest BCUT2D eigenvalue weighted by Crippen LogP contribution is -2.67. The van der Waals surface area contributed by atoms with Crippen molar-refractivity contribution in [3.8, 4) is 0 Å². The molecule has 1 heterocycles. The Morgan fingerprint density at radius 1 is 0.826 bits per heavy atom. The van der Waals surface area contributed by atoms with Crippen LogP contribution in [0, 0.1) is 0 Å². The summed E-state index contributed by atoms with van der Waals surface area (Å²) in [7, 11) is 0. The SMILES string of the molecule is CC[NH+]=CC=C1C=C(c2ccccc2)OC(c2ccccc2)=C1. The normalized spacial score (nSPS) is 14.2. The number of ether oxygens (including phenoxy) is 1. The Bertz CT molecular complexity index is 711. The van der Waals surface area contributed by atoms with Gasteiger partial charge in [0.2, 0.25) is 0 Å². The number of rotatable bonds is 4. The average Bonchev–Trinajstić information content (AvgIpc) is 2.63. The van der Waals surface area contributed by atoms with Crippen LogP contribution < -0.4 is 4.99 Å². The Labute approximate surface area is 137 Å². The Hall–Kier alpha value is -2.87. The lowest BCUT2D eigenvalue weighted by atomic mass is 10.0. The van der Waals surface area contributed by atoms with Crippen LogP contribution in [0.5, 0.6) is 0 Å². The number of hydrogen-bond acceptors (Lipinski definition) is 1. The van der Waals surface area contributed by atoms with E-state index in [1.165, 1.54) is 0 Å². The molecule has 0 bridgehead atoms. The molecule has 0 unspecified atom stereocenters. The summed E-state index contributed by atoms with van der Waals surface area (Å²) in [5, 5.41) is 0. The number of allylic oxidation sites excluding steroid dienone is 4. The minimum absolute atomic E-state index is 0.864. The molecule has 0 spiro atoms. The van der Waals surface area contributed by atoms with Crippen molar-refractivity contribution in [3.63, 3.8) is 0 Å². The van der Waals surface area contributed by atoms with Crippen molar-refractivity contribution < 1.29 is 9.73 Å². The van der Waals surface area contributed by atoms with Crippen molar-refractivity contribution in [2.24, 2.45) is 0 Å². The zero-order valence-electron chi connectivity index (χ0n) is 13.2. The fourth-order valence-electron chi connectivity index (χ4n) is 2.38. The molecular formula is C21H20NO+. The van der Waals surface area contributed by atoms with Crippen molar-refractivity contribution in [2.45, 2.75) is 6.92 Å². The first-order valence-electron chi connectivity index (χ1n) is 7.86. The summed E-state index contributed by atoms with van der Waals surface area (Å²) in [6, 6.07) is 20.4. The van der Waals surface area contributed by atoms with Crippen LogP contribution in [0.2, 0.25) is 0 Å². The fraction of sp³-hybridized carbons (Fsp3) is 0.0952. The zero-order valence-corrected chi connectivity index (χ0v) is 13.2. The summed E-state index contributed by atoms with van der Waals surface area (Å²) in [5.41, 5.74) is 3.25. The highest BCUT2D eigenvalue weighted by Crippen LogP contribution is 2.31. The second-order valence-electron chi connectivity index (χ2n) is 5.24. The molecule has 0 fully saturated rings. The van der Waals surface area contributed by atoms with Crippen LogP contribution in [-0.4, -0.2) is 12.8 Å². The smallest absolute Gasteiger partial charge is 0.162 e. The number of hydrogen-bond donors (Lipinski definition) is 1. The van der Waals surface area contributed by atoms with Crippen molar-refractivity contribution >= 4 is 17.7 Å². The van der Waals surface area contributed by atoms with E-state index in [-0.39, 0.29) is 0 Å². The van der Waals surface area contributed by atoms with E-state index >= 15 is 0 Å². The van der Waals surface area contributed by atoms with E-state index in [1.54, 1.807) is 0 Å². The third-order valence-corrected chi connectivity index (χ3v) is 3.53. The Morgan fingerprint density at radius 3 is 1.83 bits per heavy atom. The van der Waals surface area contributed by atoms with Gasteiger partial charge in [-0.15, -0.1) is 0 Å². The molecule has 0 aromatic heterocycles. The van der Waals surface area contributed by atoms with Gasteiger partial charge >= 0.3 is 0 Å². The topological polar surface area (TPSA) is 23.2 Å². The van der Waals surface area contributed by atoms with Gasteiger partial charge in [0.1, 0.15) is 18.1 Å². The highest BCUT2D eigenvalue weighted by atomic mass is 16.5. The molecule has 0 amide bonds. The van der Waals surface area contributed by atoms with Crippen LogP contribution in [0.15, 0.2) is 84.5 Å². The van der Waals surface area contributed by atoms with E-state index in [0.717, 1.165) is 34.8 Å². The van der Waals surface area contributed by atoms with Gasteiger partial charge in [0.15, 0.2) is 6.21 Å². The molecule has 3 rings (SSSR count). The molecule has 1 aliphatic rings. The minimum Gasteiger partial charge on any atom is -0.456 e. The van der Waals surface area contributed by atoms with Crippen molar-refractivity contribution in [1.29, 1.82) is 0 Å². The van der Waals surface area contributed by atoms with E-state index < -0.39 is 0 Å². The first-order chi connectivity index (χ1) is 11.4. The summed E-state index contributed by atoms with van der Waals surface area (Å²) in [4.78, 5) is 3.20. The van der Waals surface area contributed by atoms with Crippen molar-refractivity contribution in [2.75, 3.05) is 6.54 Å². The highest BCUT2D eigenvalue weighted by Gasteiger charge is 2.14. The van der Waals surface area contributed by atoms with Crippen LogP contribution in [0.25, 0.3) is 11.5 Å². The van der Waals surface area contributed by atoms with Crippen molar-refractivity contribution in [1.82, 2.24) is 0 Å². The molecule has 23 heavy (non-hydrogen) atoms. The number of nitrogens with one attached hydrogen (secondary N) is 1. The maximum Gasteiger partial charge on any atom is 0.162 e. The van der Waals surface area contributed by atoms with E-state index in [0.29, 0.717) is 0 Å². The first kappa shape index (κ1) is 15.0. The maximum absolute atomic E-state index is 6.14. The molecular weight excluding hydrogens is 282 g/mol. The molecule has 114 valence electrons. The van der Waals surface area contributed by atoms with Gasteiger partial charge in [0, 0.05) is 17.2 Å². The first-order valence-corrected chi connectivity index (χ1v) is 7.86. The average molecular weight is 302 g/mol. The molecule has 0 atom stereocenters. The van der Waals surface area contributed by atoms with Crippen LogP contribution >= 0.6 is 0 Å². The van der Waals surface area contributed by atoms with Gasteiger partial charge in [0.05, 0.1) is 0 Å². The summed E-state index contributed by atoms with van der Waals surface area (Å²) < 4.78 is 6.14. The van der Waals surface area contributed by atoms with Crippen molar-refractivity contribution in [3.05, 3.63) is 95.6 Å². The summed E-state index contributed by atoms with van der Waals surface area (Å²) in [5.74, 6) is 1.73. The largest absolute Gasteiger partial charge is 0.456 e. The molecule has 0 radical (unpaired) electrons. The minimum atomic E-state index is 0.864. The zero-order chi connectivity index (χ0) is 15.9. The second kappa shape index (κ2) is 7.41. The third kappa shape index (κ3) is 3.86. The van der Waals surface area contributed by atoms with Crippen LogP contribution in [-0.2, 0) is 4.74 Å². The molecule has 2 heteroatoms. The molecule has 1 aliphatic heterocycles. The van der Waals surface area contributed by atoms with Gasteiger partial charge in [-0.1, -0.05) is 60.7 Å². The number of benzene rings is 2. The molecule has 0 aliphatic carbocycles. The summed E-state index contributed by atoms with van der Waals surface area (Å²) >= 11 is 0. The summed E-state index contributed by atoms with van der Waals surface area (Å²) in [6.07, 6.45) is 8.17. The van der Waals surface area contributed by atoms with E-state index in [4.69, 9.17) is 4.74 Å². The van der Waals surface area contributed by atoms with Gasteiger partial charge < -0.3 is 4.74 Å². The molecule has 1 N–H and O–H groups in total. The molecule has 2 nitrogen and oxygen atoms in total. The highest BCUT2D eigenvalue weighted by molar-refractivity contribution is 5.80. The van der Waals surface area contributed by atoms with Gasteiger partial charge in [0.25, 0.3) is 0 Å². The van der Waals surface area contributed by atoms with Gasteiger partial charge in [-0.3, -0.25) is 0 Å². The predicted molar refractivity (Wildman–Crippen MR) is 95.6 cm³/mol. The maximum atomic E-state index is 6.14. The Kier molecular flexibility index (Phi) is 4.85. The predicted octanol–water partition coefficient (Wildman–Crippen LogP) is 3.20. The second-order valence-corrected chi connectivity index (χ2v) is 5.24. The quantitative estimate of drug-likeness (QED) is 0.861. The molecule has 2 aromatic rings. The van der Waals surface area contributed by atoms with E-state index in [2.05, 4.69) is 54.4 Å². The fourth-order valence-corrected chi connectivity index (χ4v) is 2.38.